The number of rotatable bonds is 3. The van der Waals surface area contributed by atoms with Gasteiger partial charge in [-0.1, -0.05) is 24.3 Å². The van der Waals surface area contributed by atoms with Crippen molar-refractivity contribution in [2.75, 3.05) is 6.54 Å². The van der Waals surface area contributed by atoms with Crippen molar-refractivity contribution in [1.82, 2.24) is 4.98 Å². The molecule has 0 unspecified atom stereocenters. The summed E-state index contributed by atoms with van der Waals surface area (Å²) in [6.07, 6.45) is 2.81. The molecule has 2 nitrogen and oxygen atoms in total. The van der Waals surface area contributed by atoms with Crippen LogP contribution in [-0.4, -0.2) is 11.5 Å². The van der Waals surface area contributed by atoms with Gasteiger partial charge in [0.1, 0.15) is 0 Å². The minimum Gasteiger partial charge on any atom is -0.330 e. The molecule has 2 N–H and O–H groups in total. The largest absolute Gasteiger partial charge is 0.330 e. The van der Waals surface area contributed by atoms with E-state index in [9.17, 15) is 0 Å². The van der Waals surface area contributed by atoms with Gasteiger partial charge in [-0.3, -0.25) is 4.98 Å². The molecule has 0 atom stereocenters. The van der Waals surface area contributed by atoms with Gasteiger partial charge < -0.3 is 5.73 Å². The second-order valence-corrected chi connectivity index (χ2v) is 3.96. The van der Waals surface area contributed by atoms with Gasteiger partial charge in [0.2, 0.25) is 0 Å². The predicted molar refractivity (Wildman–Crippen MR) is 67.2 cm³/mol. The van der Waals surface area contributed by atoms with Crippen LogP contribution in [0.2, 0.25) is 0 Å². The molecule has 0 aliphatic heterocycles. The second-order valence-electron chi connectivity index (χ2n) is 3.96. The molecular formula is C14H16N2. The Morgan fingerprint density at radius 2 is 2.06 bits per heavy atom. The highest BCUT2D eigenvalue weighted by Crippen LogP contribution is 2.18. The maximum atomic E-state index is 5.55. The molecule has 1 aromatic carbocycles. The third kappa shape index (κ3) is 2.47. The zero-order valence-corrected chi connectivity index (χ0v) is 9.48. The fourth-order valence-electron chi connectivity index (χ4n) is 1.69. The highest BCUT2D eigenvalue weighted by molar-refractivity contribution is 5.60. The topological polar surface area (TPSA) is 38.9 Å². The van der Waals surface area contributed by atoms with Gasteiger partial charge in [0.25, 0.3) is 0 Å². The summed E-state index contributed by atoms with van der Waals surface area (Å²) in [6, 6.07) is 12.5. The zero-order valence-electron chi connectivity index (χ0n) is 9.48. The lowest BCUT2D eigenvalue weighted by Crippen LogP contribution is -2.02. The first kappa shape index (κ1) is 10.8. The Hall–Kier alpha value is -1.67. The molecule has 0 aliphatic rings. The van der Waals surface area contributed by atoms with Gasteiger partial charge in [-0.15, -0.1) is 0 Å². The lowest BCUT2D eigenvalue weighted by molar-refractivity contribution is 0.969. The molecule has 0 saturated carbocycles. The molecule has 0 aliphatic carbocycles. The van der Waals surface area contributed by atoms with E-state index in [0.29, 0.717) is 6.54 Å². The van der Waals surface area contributed by atoms with E-state index in [1.807, 2.05) is 13.1 Å². The Morgan fingerprint density at radius 1 is 1.19 bits per heavy atom. The van der Waals surface area contributed by atoms with Crippen molar-refractivity contribution < 1.29 is 0 Å². The number of aromatic nitrogens is 1. The van der Waals surface area contributed by atoms with Gasteiger partial charge in [0.05, 0.1) is 5.69 Å². The van der Waals surface area contributed by atoms with Crippen molar-refractivity contribution >= 4 is 0 Å². The molecule has 0 radical (unpaired) electrons. The number of hydrogen-bond acceptors (Lipinski definition) is 2. The summed E-state index contributed by atoms with van der Waals surface area (Å²) in [7, 11) is 0. The molecule has 16 heavy (non-hydrogen) atoms. The molecule has 2 rings (SSSR count). The van der Waals surface area contributed by atoms with E-state index in [1.54, 1.807) is 0 Å². The fraction of sp³-hybridized carbons (Fsp3) is 0.214. The Morgan fingerprint density at radius 3 is 2.75 bits per heavy atom. The molecule has 82 valence electrons. The summed E-state index contributed by atoms with van der Waals surface area (Å²) >= 11 is 0. The summed E-state index contributed by atoms with van der Waals surface area (Å²) in [5, 5.41) is 0. The Balaban J connectivity index is 2.32. The Labute approximate surface area is 96.1 Å². The first-order valence-electron chi connectivity index (χ1n) is 5.51. The molecular weight excluding hydrogens is 196 g/mol. The van der Waals surface area contributed by atoms with E-state index in [1.165, 1.54) is 11.1 Å². The summed E-state index contributed by atoms with van der Waals surface area (Å²) < 4.78 is 0. The molecule has 2 heteroatoms. The lowest BCUT2D eigenvalue weighted by atomic mass is 10.1. The van der Waals surface area contributed by atoms with Crippen LogP contribution in [0.1, 0.15) is 11.1 Å². The van der Waals surface area contributed by atoms with Crippen LogP contribution in [0, 0.1) is 6.92 Å². The van der Waals surface area contributed by atoms with E-state index in [4.69, 9.17) is 5.73 Å². The van der Waals surface area contributed by atoms with E-state index in [0.717, 1.165) is 17.7 Å². The van der Waals surface area contributed by atoms with Crippen molar-refractivity contribution in [2.45, 2.75) is 13.3 Å². The predicted octanol–water partition coefficient (Wildman–Crippen LogP) is 2.56. The van der Waals surface area contributed by atoms with E-state index < -0.39 is 0 Å². The minimum absolute atomic E-state index is 0.685. The highest BCUT2D eigenvalue weighted by Gasteiger charge is 1.99. The van der Waals surface area contributed by atoms with E-state index in [-0.39, 0.29) is 0 Å². The standard InChI is InChI=1S/C14H16N2/c1-11-5-6-14(16-10-11)13-4-2-3-12(9-13)7-8-15/h2-6,9-10H,7-8,15H2,1H3. The van der Waals surface area contributed by atoms with Crippen molar-refractivity contribution in [2.24, 2.45) is 5.73 Å². The number of nitrogens with two attached hydrogens (primary N) is 1. The van der Waals surface area contributed by atoms with Crippen molar-refractivity contribution in [3.8, 4) is 11.3 Å². The maximum absolute atomic E-state index is 5.55. The third-order valence-corrected chi connectivity index (χ3v) is 2.57. The normalized spacial score (nSPS) is 10.4. The lowest BCUT2D eigenvalue weighted by Gasteiger charge is -2.04. The molecule has 0 fully saturated rings. The monoisotopic (exact) mass is 212 g/mol. The third-order valence-electron chi connectivity index (χ3n) is 2.57. The van der Waals surface area contributed by atoms with Crippen LogP contribution < -0.4 is 5.73 Å². The number of benzene rings is 1. The molecule has 0 saturated heterocycles. The Bertz CT molecular complexity index is 460. The van der Waals surface area contributed by atoms with Crippen LogP contribution in [0.3, 0.4) is 0 Å². The molecule has 2 aromatic rings. The van der Waals surface area contributed by atoms with Crippen molar-refractivity contribution in [1.29, 1.82) is 0 Å². The van der Waals surface area contributed by atoms with Gasteiger partial charge in [0.15, 0.2) is 0 Å². The summed E-state index contributed by atoms with van der Waals surface area (Å²) in [5.74, 6) is 0. The summed E-state index contributed by atoms with van der Waals surface area (Å²) in [4.78, 5) is 4.42. The summed E-state index contributed by atoms with van der Waals surface area (Å²) in [6.45, 7) is 2.73. The van der Waals surface area contributed by atoms with Crippen LogP contribution in [-0.2, 0) is 6.42 Å². The van der Waals surface area contributed by atoms with E-state index in [2.05, 4.69) is 41.4 Å². The highest BCUT2D eigenvalue weighted by atomic mass is 14.7. The van der Waals surface area contributed by atoms with Crippen LogP contribution in [0.25, 0.3) is 11.3 Å². The molecule has 0 amide bonds. The fourth-order valence-corrected chi connectivity index (χ4v) is 1.69. The van der Waals surface area contributed by atoms with Gasteiger partial charge in [0, 0.05) is 11.8 Å². The number of aryl methyl sites for hydroxylation is 1. The maximum Gasteiger partial charge on any atom is 0.0702 e. The quantitative estimate of drug-likeness (QED) is 0.849. The molecule has 0 spiro atoms. The molecule has 1 aromatic heterocycles. The number of pyridine rings is 1. The van der Waals surface area contributed by atoms with Gasteiger partial charge >= 0.3 is 0 Å². The van der Waals surface area contributed by atoms with Gasteiger partial charge in [-0.25, -0.2) is 0 Å². The van der Waals surface area contributed by atoms with Gasteiger partial charge in [-0.05, 0) is 43.1 Å². The van der Waals surface area contributed by atoms with Crippen LogP contribution >= 0.6 is 0 Å². The Kier molecular flexibility index (Phi) is 3.32. The zero-order chi connectivity index (χ0) is 11.4. The first-order chi connectivity index (χ1) is 7.79. The van der Waals surface area contributed by atoms with Gasteiger partial charge in [-0.2, -0.15) is 0 Å². The average Bonchev–Trinajstić information content (AvgIpc) is 2.31. The number of hydrogen-bond donors (Lipinski definition) is 1. The minimum atomic E-state index is 0.685. The van der Waals surface area contributed by atoms with E-state index >= 15 is 0 Å². The molecule has 0 bridgehead atoms. The second kappa shape index (κ2) is 4.90. The smallest absolute Gasteiger partial charge is 0.0702 e. The van der Waals surface area contributed by atoms with Crippen LogP contribution in [0.5, 0.6) is 0 Å². The van der Waals surface area contributed by atoms with Crippen LogP contribution in [0.4, 0.5) is 0 Å². The SMILES string of the molecule is Cc1ccc(-c2cccc(CCN)c2)nc1. The average molecular weight is 212 g/mol. The first-order valence-corrected chi connectivity index (χ1v) is 5.51. The van der Waals surface area contributed by atoms with Crippen LogP contribution in [0.15, 0.2) is 42.6 Å². The van der Waals surface area contributed by atoms with Crippen molar-refractivity contribution in [3.05, 3.63) is 53.7 Å². The summed E-state index contributed by atoms with van der Waals surface area (Å²) in [5.41, 5.74) is 10.2. The molecule has 1 heterocycles. The number of nitrogens with zero attached hydrogens (tertiary/aromatic N) is 1. The van der Waals surface area contributed by atoms with Crippen molar-refractivity contribution in [3.63, 3.8) is 0 Å².